The summed E-state index contributed by atoms with van der Waals surface area (Å²) in [5, 5.41) is 9.43. The largest absolute Gasteiger partial charge is 0.360 e. The first-order chi connectivity index (χ1) is 17.0. The highest BCUT2D eigenvalue weighted by Crippen LogP contribution is 2.29. The Balaban J connectivity index is 1.42. The van der Waals surface area contributed by atoms with E-state index in [-0.39, 0.29) is 11.7 Å². The van der Waals surface area contributed by atoms with Crippen molar-refractivity contribution in [2.45, 2.75) is 18.9 Å². The Morgan fingerprint density at radius 2 is 1.80 bits per heavy atom. The Kier molecular flexibility index (Phi) is 6.53. The molecular weight excluding hydrogens is 456 g/mol. The quantitative estimate of drug-likeness (QED) is 0.247. The molecule has 2 heterocycles. The molecule has 0 amide bonds. The third kappa shape index (κ3) is 4.92. The summed E-state index contributed by atoms with van der Waals surface area (Å²) in [6.45, 7) is 2.80. The standard InChI is InChI=1S/C29H27ClN4O/c1-19(20-8-11-24(30)12-9-20)15-32-28(21-6-4-3-5-7-21)29(35)26-17-31-27-14-22(10-13-25(26)27)23-16-33-34(2)18-23/h3-14,16-19,28,31-32H,15H2,1-2H3/t19-,28+/m0/s1. The molecule has 0 bridgehead atoms. The first kappa shape index (κ1) is 23.1. The van der Waals surface area contributed by atoms with E-state index in [4.69, 9.17) is 11.6 Å². The van der Waals surface area contributed by atoms with E-state index in [1.807, 2.05) is 92.4 Å². The van der Waals surface area contributed by atoms with Crippen LogP contribution in [0.25, 0.3) is 22.0 Å². The van der Waals surface area contributed by atoms with Crippen LogP contribution in [-0.4, -0.2) is 27.1 Å². The van der Waals surface area contributed by atoms with Crippen LogP contribution in [0.2, 0.25) is 5.02 Å². The fourth-order valence-electron chi connectivity index (χ4n) is 4.45. The second kappa shape index (κ2) is 9.90. The van der Waals surface area contributed by atoms with Gasteiger partial charge in [0.25, 0.3) is 0 Å². The second-order valence-corrected chi connectivity index (χ2v) is 9.37. The number of nitrogens with zero attached hydrogens (tertiary/aromatic N) is 2. The summed E-state index contributed by atoms with van der Waals surface area (Å²) >= 11 is 6.05. The van der Waals surface area contributed by atoms with E-state index in [9.17, 15) is 4.79 Å². The Morgan fingerprint density at radius 3 is 2.51 bits per heavy atom. The number of benzene rings is 3. The third-order valence-electron chi connectivity index (χ3n) is 6.45. The van der Waals surface area contributed by atoms with Crippen molar-refractivity contribution >= 4 is 28.3 Å². The molecule has 6 heteroatoms. The normalized spacial score (nSPS) is 13.1. The third-order valence-corrected chi connectivity index (χ3v) is 6.70. The van der Waals surface area contributed by atoms with Crippen LogP contribution in [0, 0.1) is 0 Å². The molecule has 2 aromatic heterocycles. The molecule has 0 spiro atoms. The molecule has 0 aliphatic heterocycles. The van der Waals surface area contributed by atoms with Gasteiger partial charge in [-0.15, -0.1) is 0 Å². The maximum atomic E-state index is 13.9. The number of hydrogen-bond acceptors (Lipinski definition) is 3. The van der Waals surface area contributed by atoms with E-state index in [0.717, 1.165) is 32.6 Å². The first-order valence-corrected chi connectivity index (χ1v) is 12.1. The lowest BCUT2D eigenvalue weighted by molar-refractivity contribution is 0.0944. The van der Waals surface area contributed by atoms with Crippen LogP contribution in [0.5, 0.6) is 0 Å². The molecule has 0 aliphatic carbocycles. The van der Waals surface area contributed by atoms with E-state index in [0.29, 0.717) is 12.1 Å². The molecule has 176 valence electrons. The Morgan fingerprint density at radius 1 is 1.03 bits per heavy atom. The van der Waals surface area contributed by atoms with Crippen molar-refractivity contribution in [3.05, 3.63) is 113 Å². The van der Waals surface area contributed by atoms with Gasteiger partial charge in [0.1, 0.15) is 0 Å². The van der Waals surface area contributed by atoms with E-state index < -0.39 is 6.04 Å². The van der Waals surface area contributed by atoms with Gasteiger partial charge in [-0.05, 0) is 40.8 Å². The molecule has 0 saturated heterocycles. The molecule has 0 unspecified atom stereocenters. The monoisotopic (exact) mass is 482 g/mol. The molecule has 5 rings (SSSR count). The number of aromatic amines is 1. The summed E-state index contributed by atoms with van der Waals surface area (Å²) in [5.74, 6) is 0.260. The van der Waals surface area contributed by atoms with Crippen molar-refractivity contribution in [1.29, 1.82) is 0 Å². The molecule has 0 fully saturated rings. The SMILES string of the molecule is C[C@@H](CN[C@@H](C(=O)c1c[nH]c2cc(-c3cnn(C)c3)ccc12)c1ccccc1)c1ccc(Cl)cc1. The molecular formula is C29H27ClN4O. The Bertz CT molecular complexity index is 1450. The van der Waals surface area contributed by atoms with Gasteiger partial charge in [0.15, 0.2) is 5.78 Å². The number of carbonyl (C=O) groups is 1. The summed E-state index contributed by atoms with van der Waals surface area (Å²) in [7, 11) is 1.90. The zero-order valence-corrected chi connectivity index (χ0v) is 20.5. The molecule has 0 aliphatic rings. The molecule has 5 nitrogen and oxygen atoms in total. The number of fused-ring (bicyclic) bond motifs is 1. The van der Waals surface area contributed by atoms with Gasteiger partial charge in [-0.3, -0.25) is 9.48 Å². The van der Waals surface area contributed by atoms with E-state index in [2.05, 4.69) is 28.4 Å². The number of Topliss-reactive ketones (excluding diaryl/α,β-unsaturated/α-hetero) is 1. The maximum absolute atomic E-state index is 13.9. The van der Waals surface area contributed by atoms with Crippen molar-refractivity contribution < 1.29 is 4.79 Å². The number of aryl methyl sites for hydroxylation is 1. The second-order valence-electron chi connectivity index (χ2n) is 8.93. The topological polar surface area (TPSA) is 62.7 Å². The van der Waals surface area contributed by atoms with Crippen LogP contribution < -0.4 is 5.32 Å². The van der Waals surface area contributed by atoms with Gasteiger partial charge in [0.2, 0.25) is 0 Å². The van der Waals surface area contributed by atoms with Gasteiger partial charge >= 0.3 is 0 Å². The van der Waals surface area contributed by atoms with Crippen molar-refractivity contribution in [3.8, 4) is 11.1 Å². The predicted octanol–water partition coefficient (Wildman–Crippen LogP) is 6.54. The summed E-state index contributed by atoms with van der Waals surface area (Å²) in [6.07, 6.45) is 5.64. The van der Waals surface area contributed by atoms with Crippen LogP contribution in [0.15, 0.2) is 91.4 Å². The molecule has 2 N–H and O–H groups in total. The summed E-state index contributed by atoms with van der Waals surface area (Å²) in [4.78, 5) is 17.2. The molecule has 35 heavy (non-hydrogen) atoms. The Labute approximate surface area is 209 Å². The van der Waals surface area contributed by atoms with Crippen LogP contribution >= 0.6 is 11.6 Å². The van der Waals surface area contributed by atoms with Crippen LogP contribution in [-0.2, 0) is 7.05 Å². The van der Waals surface area contributed by atoms with Gasteiger partial charge in [0.05, 0.1) is 12.2 Å². The maximum Gasteiger partial charge on any atom is 0.186 e. The van der Waals surface area contributed by atoms with Gasteiger partial charge < -0.3 is 10.3 Å². The average Bonchev–Trinajstić information content (AvgIpc) is 3.51. The molecule has 0 radical (unpaired) electrons. The zero-order chi connectivity index (χ0) is 24.4. The summed E-state index contributed by atoms with van der Waals surface area (Å²) in [6, 6.07) is 23.4. The van der Waals surface area contributed by atoms with Gasteiger partial charge in [0, 0.05) is 53.0 Å². The highest BCUT2D eigenvalue weighted by Gasteiger charge is 2.25. The van der Waals surface area contributed by atoms with Crippen molar-refractivity contribution in [2.75, 3.05) is 6.54 Å². The molecule has 2 atom stereocenters. The lowest BCUT2D eigenvalue weighted by Gasteiger charge is -2.21. The number of hydrogen-bond donors (Lipinski definition) is 2. The number of ketones is 1. The van der Waals surface area contributed by atoms with Crippen molar-refractivity contribution in [3.63, 3.8) is 0 Å². The Hall–Kier alpha value is -3.67. The number of halogens is 1. The van der Waals surface area contributed by atoms with Crippen LogP contribution in [0.3, 0.4) is 0 Å². The van der Waals surface area contributed by atoms with E-state index in [1.165, 1.54) is 5.56 Å². The number of rotatable bonds is 8. The highest BCUT2D eigenvalue weighted by atomic mass is 35.5. The number of aromatic nitrogens is 3. The minimum Gasteiger partial charge on any atom is -0.360 e. The van der Waals surface area contributed by atoms with Crippen LogP contribution in [0.4, 0.5) is 0 Å². The summed E-state index contributed by atoms with van der Waals surface area (Å²) < 4.78 is 1.78. The number of carbonyl (C=O) groups excluding carboxylic acids is 1. The fraction of sp³-hybridized carbons (Fsp3) is 0.172. The van der Waals surface area contributed by atoms with E-state index in [1.54, 1.807) is 4.68 Å². The van der Waals surface area contributed by atoms with Crippen LogP contribution in [0.1, 0.15) is 40.4 Å². The summed E-state index contributed by atoms with van der Waals surface area (Å²) in [5.41, 5.74) is 5.82. The van der Waals surface area contributed by atoms with Gasteiger partial charge in [-0.25, -0.2) is 0 Å². The van der Waals surface area contributed by atoms with E-state index >= 15 is 0 Å². The number of nitrogens with one attached hydrogen (secondary N) is 2. The molecule has 5 aromatic rings. The fourth-order valence-corrected chi connectivity index (χ4v) is 4.57. The highest BCUT2D eigenvalue weighted by molar-refractivity contribution is 6.30. The lowest BCUT2D eigenvalue weighted by Crippen LogP contribution is -2.31. The van der Waals surface area contributed by atoms with Gasteiger partial charge in [-0.2, -0.15) is 5.10 Å². The minimum absolute atomic E-state index is 0.0416. The van der Waals surface area contributed by atoms with Crippen molar-refractivity contribution in [1.82, 2.24) is 20.1 Å². The smallest absolute Gasteiger partial charge is 0.186 e. The lowest BCUT2D eigenvalue weighted by atomic mass is 9.95. The predicted molar refractivity (Wildman–Crippen MR) is 142 cm³/mol. The molecule has 0 saturated carbocycles. The number of H-pyrrole nitrogens is 1. The zero-order valence-electron chi connectivity index (χ0n) is 19.7. The minimum atomic E-state index is -0.456. The van der Waals surface area contributed by atoms with Crippen molar-refractivity contribution in [2.24, 2.45) is 7.05 Å². The van der Waals surface area contributed by atoms with Gasteiger partial charge in [-0.1, -0.05) is 73.1 Å². The first-order valence-electron chi connectivity index (χ1n) is 11.7. The molecule has 3 aromatic carbocycles. The average molecular weight is 483 g/mol.